The Balaban J connectivity index is 0.00000205. The van der Waals surface area contributed by atoms with Gasteiger partial charge in [-0.05, 0) is 51.5 Å². The van der Waals surface area contributed by atoms with Crippen LogP contribution in [-0.4, -0.2) is 24.2 Å². The van der Waals surface area contributed by atoms with Crippen molar-refractivity contribution < 1.29 is 14.2 Å². The number of hydrogen-bond acceptors (Lipinski definition) is 6. The van der Waals surface area contributed by atoms with E-state index in [1.165, 1.54) is 41.6 Å². The van der Waals surface area contributed by atoms with Crippen LogP contribution in [0.3, 0.4) is 0 Å². The number of rotatable bonds is 6. The van der Waals surface area contributed by atoms with Gasteiger partial charge in [0.1, 0.15) is 34.7 Å². The van der Waals surface area contributed by atoms with Crippen molar-refractivity contribution in [2.75, 3.05) is 0 Å². The molecule has 0 aliphatic rings. The second-order valence-corrected chi connectivity index (χ2v) is 9.77. The molecule has 0 amide bonds. The molecule has 4 aromatic rings. The van der Waals surface area contributed by atoms with Crippen molar-refractivity contribution in [2.45, 2.75) is 53.8 Å². The molecule has 0 fully saturated rings. The Hall–Kier alpha value is -3.53. The third kappa shape index (κ3) is 6.38. The number of aryl methyl sites for hydroxylation is 2. The lowest BCUT2D eigenvalue weighted by molar-refractivity contribution is 0.0767. The summed E-state index contributed by atoms with van der Waals surface area (Å²) in [4.78, 5) is 34.6. The number of pyridine rings is 4. The summed E-state index contributed by atoms with van der Waals surface area (Å²) >= 11 is 12.1. The van der Waals surface area contributed by atoms with Gasteiger partial charge < -0.3 is 9.84 Å². The van der Waals surface area contributed by atoms with Gasteiger partial charge in [0.15, 0.2) is 0 Å². The van der Waals surface area contributed by atoms with Crippen molar-refractivity contribution in [3.8, 4) is 17.3 Å². The fourth-order valence-corrected chi connectivity index (χ4v) is 4.13. The zero-order valence-corrected chi connectivity index (χ0v) is 23.9. The van der Waals surface area contributed by atoms with Crippen LogP contribution in [0.2, 0.25) is 10.0 Å². The standard InChI is InChI=1S/C26H23Cl2FN4O4.C2H6/c1-14-11-31-22(32-7-5-6-17(24(32)34)26(3,4)36)10-20(14)33-15(2)8-21(23(28)25(33)35)37-13-19-18(29)9-16(27)12-30-19;1-2/h5-12,36H,13H2,1-4H3;1-2H3. The average molecular weight is 575 g/mol. The SMILES string of the molecule is CC.Cc1cnc(-n2cccc(C(C)(C)O)c2=O)cc1-n1c(C)cc(OCc2ncc(Cl)cc2F)c(Cl)c1=O. The van der Waals surface area contributed by atoms with Crippen molar-refractivity contribution in [3.05, 3.63) is 108 Å². The second-order valence-electron chi connectivity index (χ2n) is 8.96. The molecule has 0 unspecified atom stereocenters. The molecule has 206 valence electrons. The molecule has 39 heavy (non-hydrogen) atoms. The fraction of sp³-hybridized carbons (Fsp3) is 0.286. The predicted octanol–water partition coefficient (Wildman–Crippen LogP) is 5.67. The van der Waals surface area contributed by atoms with Crippen LogP contribution in [0.1, 0.15) is 50.2 Å². The summed E-state index contributed by atoms with van der Waals surface area (Å²) in [5.74, 6) is -0.321. The van der Waals surface area contributed by atoms with Gasteiger partial charge in [-0.3, -0.25) is 23.7 Å². The van der Waals surface area contributed by atoms with E-state index in [-0.39, 0.29) is 39.5 Å². The molecule has 11 heteroatoms. The van der Waals surface area contributed by atoms with Gasteiger partial charge in [-0.15, -0.1) is 0 Å². The van der Waals surface area contributed by atoms with E-state index in [2.05, 4.69) is 9.97 Å². The normalized spacial score (nSPS) is 11.1. The highest BCUT2D eigenvalue weighted by atomic mass is 35.5. The van der Waals surface area contributed by atoms with E-state index >= 15 is 0 Å². The van der Waals surface area contributed by atoms with E-state index in [0.29, 0.717) is 16.9 Å². The lowest BCUT2D eigenvalue weighted by atomic mass is 10.0. The second kappa shape index (κ2) is 12.1. The summed E-state index contributed by atoms with van der Waals surface area (Å²) < 4.78 is 22.3. The van der Waals surface area contributed by atoms with Crippen LogP contribution in [-0.2, 0) is 12.2 Å². The predicted molar refractivity (Wildman–Crippen MR) is 150 cm³/mol. The van der Waals surface area contributed by atoms with Crippen molar-refractivity contribution >= 4 is 23.2 Å². The molecule has 0 spiro atoms. The van der Waals surface area contributed by atoms with E-state index in [9.17, 15) is 19.1 Å². The zero-order chi connectivity index (χ0) is 29.1. The van der Waals surface area contributed by atoms with Crippen LogP contribution in [0.25, 0.3) is 11.5 Å². The first-order valence-corrected chi connectivity index (χ1v) is 12.9. The summed E-state index contributed by atoms with van der Waals surface area (Å²) in [6, 6.07) is 7.44. The topological polar surface area (TPSA) is 99.2 Å². The average Bonchev–Trinajstić information content (AvgIpc) is 2.88. The number of halogens is 3. The van der Waals surface area contributed by atoms with Gasteiger partial charge in [0, 0.05) is 42.0 Å². The van der Waals surface area contributed by atoms with E-state index in [1.807, 2.05) is 13.8 Å². The largest absolute Gasteiger partial charge is 0.485 e. The number of ether oxygens (including phenoxy) is 1. The van der Waals surface area contributed by atoms with Gasteiger partial charge in [0.05, 0.1) is 16.3 Å². The van der Waals surface area contributed by atoms with Crippen LogP contribution in [0.4, 0.5) is 4.39 Å². The molecule has 0 saturated heterocycles. The van der Waals surface area contributed by atoms with Gasteiger partial charge in [0.2, 0.25) is 0 Å². The lowest BCUT2D eigenvalue weighted by Gasteiger charge is -2.19. The first-order valence-electron chi connectivity index (χ1n) is 12.1. The summed E-state index contributed by atoms with van der Waals surface area (Å²) in [5, 5.41) is 10.3. The lowest BCUT2D eigenvalue weighted by Crippen LogP contribution is -2.31. The Labute approximate surface area is 235 Å². The maximum atomic E-state index is 14.1. The molecule has 0 aliphatic heterocycles. The maximum absolute atomic E-state index is 14.1. The molecule has 4 heterocycles. The summed E-state index contributed by atoms with van der Waals surface area (Å²) in [6.07, 6.45) is 4.36. The third-order valence-corrected chi connectivity index (χ3v) is 6.26. The third-order valence-electron chi connectivity index (χ3n) is 5.70. The van der Waals surface area contributed by atoms with Crippen LogP contribution >= 0.6 is 23.2 Å². The van der Waals surface area contributed by atoms with Gasteiger partial charge in [-0.1, -0.05) is 37.0 Å². The highest BCUT2D eigenvalue weighted by Gasteiger charge is 2.22. The molecule has 0 aromatic carbocycles. The minimum atomic E-state index is -1.35. The number of hydrogen-bond donors (Lipinski definition) is 1. The van der Waals surface area contributed by atoms with Gasteiger partial charge in [-0.2, -0.15) is 0 Å². The Bertz CT molecular complexity index is 1630. The van der Waals surface area contributed by atoms with Crippen LogP contribution in [0.15, 0.2) is 58.5 Å². The van der Waals surface area contributed by atoms with Crippen molar-refractivity contribution in [1.29, 1.82) is 0 Å². The van der Waals surface area contributed by atoms with E-state index < -0.39 is 22.5 Å². The van der Waals surface area contributed by atoms with Gasteiger partial charge in [0.25, 0.3) is 11.1 Å². The first kappa shape index (κ1) is 30.0. The van der Waals surface area contributed by atoms with E-state index in [0.717, 1.165) is 6.07 Å². The number of aromatic nitrogens is 4. The molecule has 4 rings (SSSR count). The summed E-state index contributed by atoms with van der Waals surface area (Å²) in [5.41, 5.74) is -0.574. The highest BCUT2D eigenvalue weighted by Crippen LogP contribution is 2.26. The van der Waals surface area contributed by atoms with Crippen molar-refractivity contribution in [2.24, 2.45) is 0 Å². The molecular weight excluding hydrogens is 546 g/mol. The van der Waals surface area contributed by atoms with Gasteiger partial charge >= 0.3 is 0 Å². The number of nitrogens with zero attached hydrogens (tertiary/aromatic N) is 4. The fourth-order valence-electron chi connectivity index (χ4n) is 3.80. The molecule has 0 atom stereocenters. The smallest absolute Gasteiger partial charge is 0.277 e. The molecular formula is C28H29Cl2FN4O4. The Morgan fingerprint density at radius 3 is 2.38 bits per heavy atom. The van der Waals surface area contributed by atoms with Crippen LogP contribution in [0.5, 0.6) is 5.75 Å². The van der Waals surface area contributed by atoms with E-state index in [1.54, 1.807) is 38.1 Å². The minimum absolute atomic E-state index is 0.00986. The molecule has 0 aliphatic carbocycles. The van der Waals surface area contributed by atoms with E-state index in [4.69, 9.17) is 27.9 Å². The summed E-state index contributed by atoms with van der Waals surface area (Å²) in [6.45, 7) is 10.2. The van der Waals surface area contributed by atoms with Crippen LogP contribution in [0, 0.1) is 19.7 Å². The first-order chi connectivity index (χ1) is 18.4. The van der Waals surface area contributed by atoms with Crippen LogP contribution < -0.4 is 15.9 Å². The van der Waals surface area contributed by atoms with Gasteiger partial charge in [-0.25, -0.2) is 9.37 Å². The van der Waals surface area contributed by atoms with Crippen molar-refractivity contribution in [1.82, 2.24) is 19.1 Å². The maximum Gasteiger partial charge on any atom is 0.277 e. The monoisotopic (exact) mass is 574 g/mol. The molecule has 0 radical (unpaired) electrons. The molecule has 4 aromatic heterocycles. The number of aliphatic hydroxyl groups is 1. The molecule has 0 bridgehead atoms. The Morgan fingerprint density at radius 2 is 1.74 bits per heavy atom. The zero-order valence-electron chi connectivity index (χ0n) is 22.4. The Morgan fingerprint density at radius 1 is 1.05 bits per heavy atom. The molecule has 1 N–H and O–H groups in total. The Kier molecular flexibility index (Phi) is 9.32. The highest BCUT2D eigenvalue weighted by molar-refractivity contribution is 6.31. The van der Waals surface area contributed by atoms with Crippen molar-refractivity contribution in [3.63, 3.8) is 0 Å². The summed E-state index contributed by atoms with van der Waals surface area (Å²) in [7, 11) is 0. The molecule has 0 saturated carbocycles. The minimum Gasteiger partial charge on any atom is -0.485 e. The quantitative estimate of drug-likeness (QED) is 0.318. The molecule has 8 nitrogen and oxygen atoms in total.